The van der Waals surface area contributed by atoms with Crippen LogP contribution in [0.25, 0.3) is 0 Å². The van der Waals surface area contributed by atoms with Gasteiger partial charge in [0.05, 0.1) is 18.9 Å². The minimum absolute atomic E-state index is 0.123. The summed E-state index contributed by atoms with van der Waals surface area (Å²) in [5, 5.41) is 2.74. The highest BCUT2D eigenvalue weighted by Crippen LogP contribution is 2.21. The van der Waals surface area contributed by atoms with Crippen LogP contribution in [0.15, 0.2) is 18.2 Å². The topological polar surface area (TPSA) is 67.6 Å². The number of carbonyl (C=O) groups is 1. The number of hydrogen-bond donors (Lipinski definition) is 2. The molecule has 5 nitrogen and oxygen atoms in total. The highest BCUT2D eigenvalue weighted by molar-refractivity contribution is 5.76. The van der Waals surface area contributed by atoms with Crippen LogP contribution in [-0.4, -0.2) is 38.3 Å². The van der Waals surface area contributed by atoms with E-state index in [1.54, 1.807) is 13.0 Å². The van der Waals surface area contributed by atoms with Crippen LogP contribution in [0.1, 0.15) is 18.9 Å². The molecule has 0 aromatic heterocycles. The average molecular weight is 295 g/mol. The summed E-state index contributed by atoms with van der Waals surface area (Å²) >= 11 is 0. The normalized spacial score (nSPS) is 16.6. The van der Waals surface area contributed by atoms with E-state index in [9.17, 15) is 9.18 Å². The molecule has 1 atom stereocenters. The maximum atomic E-state index is 14.2. The second-order valence-electron chi connectivity index (χ2n) is 5.34. The van der Waals surface area contributed by atoms with Crippen LogP contribution in [0, 0.1) is 5.82 Å². The number of rotatable bonds is 5. The number of ether oxygens (including phenoxy) is 1. The Hall–Kier alpha value is -1.66. The lowest BCUT2D eigenvalue weighted by Gasteiger charge is -2.29. The number of carbonyl (C=O) groups excluding carboxylic acids is 1. The van der Waals surface area contributed by atoms with Crippen molar-refractivity contribution in [3.05, 3.63) is 29.6 Å². The third-order valence-corrected chi connectivity index (χ3v) is 3.36. The van der Waals surface area contributed by atoms with Crippen molar-refractivity contribution in [1.82, 2.24) is 5.32 Å². The van der Waals surface area contributed by atoms with Crippen molar-refractivity contribution in [3.8, 4) is 0 Å². The van der Waals surface area contributed by atoms with Gasteiger partial charge in [-0.2, -0.15) is 0 Å². The second kappa shape index (κ2) is 7.38. The van der Waals surface area contributed by atoms with Crippen LogP contribution in [0.4, 0.5) is 10.1 Å². The number of nitrogens with two attached hydrogens (primary N) is 1. The summed E-state index contributed by atoms with van der Waals surface area (Å²) in [6, 6.07) is 4.88. The van der Waals surface area contributed by atoms with Crippen molar-refractivity contribution < 1.29 is 13.9 Å². The average Bonchev–Trinajstić information content (AvgIpc) is 2.45. The van der Waals surface area contributed by atoms with Crippen LogP contribution in [0.5, 0.6) is 0 Å². The summed E-state index contributed by atoms with van der Waals surface area (Å²) in [5.74, 6) is -0.390. The van der Waals surface area contributed by atoms with E-state index < -0.39 is 0 Å². The SMILES string of the molecule is CC(N)CC(=O)NCc1ccc(N2CCOCC2)c(F)c1. The molecule has 1 fully saturated rings. The largest absolute Gasteiger partial charge is 0.378 e. The fourth-order valence-corrected chi connectivity index (χ4v) is 2.29. The quantitative estimate of drug-likeness (QED) is 0.851. The standard InChI is InChI=1S/C15H22FN3O2/c1-11(17)8-15(20)18-10-12-2-3-14(13(16)9-12)19-4-6-21-7-5-19/h2-3,9,11H,4-8,10,17H2,1H3,(H,18,20). The van der Waals surface area contributed by atoms with Gasteiger partial charge in [0, 0.05) is 32.1 Å². The van der Waals surface area contributed by atoms with Gasteiger partial charge >= 0.3 is 0 Å². The number of amides is 1. The zero-order valence-electron chi connectivity index (χ0n) is 12.3. The molecule has 1 heterocycles. The lowest BCUT2D eigenvalue weighted by molar-refractivity contribution is -0.121. The monoisotopic (exact) mass is 295 g/mol. The van der Waals surface area contributed by atoms with Gasteiger partial charge in [-0.05, 0) is 24.6 Å². The minimum atomic E-state index is -0.268. The third-order valence-electron chi connectivity index (χ3n) is 3.36. The number of anilines is 1. The molecule has 21 heavy (non-hydrogen) atoms. The first-order chi connectivity index (χ1) is 10.1. The number of morpholine rings is 1. The maximum Gasteiger partial charge on any atom is 0.221 e. The van der Waals surface area contributed by atoms with Crippen molar-refractivity contribution in [2.24, 2.45) is 5.73 Å². The van der Waals surface area contributed by atoms with Crippen LogP contribution < -0.4 is 16.0 Å². The second-order valence-corrected chi connectivity index (χ2v) is 5.34. The molecule has 3 N–H and O–H groups in total. The van der Waals surface area contributed by atoms with E-state index in [-0.39, 0.29) is 24.2 Å². The third kappa shape index (κ3) is 4.68. The molecule has 1 aliphatic heterocycles. The van der Waals surface area contributed by atoms with E-state index in [4.69, 9.17) is 10.5 Å². The van der Waals surface area contributed by atoms with Crippen molar-refractivity contribution in [1.29, 1.82) is 0 Å². The minimum Gasteiger partial charge on any atom is -0.378 e. The molecule has 1 unspecified atom stereocenters. The highest BCUT2D eigenvalue weighted by Gasteiger charge is 2.15. The molecular formula is C15H22FN3O2. The van der Waals surface area contributed by atoms with Gasteiger partial charge < -0.3 is 20.7 Å². The number of nitrogens with zero attached hydrogens (tertiary/aromatic N) is 1. The summed E-state index contributed by atoms with van der Waals surface area (Å²) in [5.41, 5.74) is 6.88. The van der Waals surface area contributed by atoms with Crippen LogP contribution >= 0.6 is 0 Å². The van der Waals surface area contributed by atoms with Gasteiger partial charge in [-0.15, -0.1) is 0 Å². The fraction of sp³-hybridized carbons (Fsp3) is 0.533. The summed E-state index contributed by atoms with van der Waals surface area (Å²) in [7, 11) is 0. The Morgan fingerprint density at radius 1 is 1.48 bits per heavy atom. The predicted octanol–water partition coefficient (Wildman–Crippen LogP) is 1.02. The summed E-state index contributed by atoms with van der Waals surface area (Å²) in [6.07, 6.45) is 0.272. The molecule has 2 rings (SSSR count). The van der Waals surface area contributed by atoms with Gasteiger partial charge in [0.15, 0.2) is 0 Å². The molecule has 1 aromatic rings. The molecule has 1 aliphatic rings. The van der Waals surface area contributed by atoms with Crippen LogP contribution in [0.3, 0.4) is 0 Å². The highest BCUT2D eigenvalue weighted by atomic mass is 19.1. The molecule has 1 aromatic carbocycles. The summed E-state index contributed by atoms with van der Waals surface area (Å²) < 4.78 is 19.4. The van der Waals surface area contributed by atoms with Gasteiger partial charge in [-0.25, -0.2) is 4.39 Å². The Morgan fingerprint density at radius 3 is 2.81 bits per heavy atom. The molecule has 1 amide bonds. The van der Waals surface area contributed by atoms with Gasteiger partial charge in [0.2, 0.25) is 5.91 Å². The molecule has 1 saturated heterocycles. The summed E-state index contributed by atoms with van der Waals surface area (Å²) in [4.78, 5) is 13.5. The smallest absolute Gasteiger partial charge is 0.221 e. The number of nitrogens with one attached hydrogen (secondary N) is 1. The van der Waals surface area contributed by atoms with Crippen LogP contribution in [0.2, 0.25) is 0 Å². The summed E-state index contributed by atoms with van der Waals surface area (Å²) in [6.45, 7) is 4.72. The first-order valence-electron chi connectivity index (χ1n) is 7.19. The lowest BCUT2D eigenvalue weighted by Crippen LogP contribution is -2.36. The van der Waals surface area contributed by atoms with E-state index in [0.717, 1.165) is 5.56 Å². The van der Waals surface area contributed by atoms with Crippen molar-refractivity contribution >= 4 is 11.6 Å². The van der Waals surface area contributed by atoms with Crippen molar-refractivity contribution in [3.63, 3.8) is 0 Å². The number of hydrogen-bond acceptors (Lipinski definition) is 4. The lowest BCUT2D eigenvalue weighted by atomic mass is 10.1. The molecule has 0 aliphatic carbocycles. The van der Waals surface area contributed by atoms with E-state index in [1.165, 1.54) is 6.07 Å². The van der Waals surface area contributed by atoms with Crippen LogP contribution in [-0.2, 0) is 16.1 Å². The molecule has 0 saturated carbocycles. The zero-order chi connectivity index (χ0) is 15.2. The van der Waals surface area contributed by atoms with Crippen molar-refractivity contribution in [2.75, 3.05) is 31.2 Å². The van der Waals surface area contributed by atoms with Gasteiger partial charge in [0.1, 0.15) is 5.82 Å². The Kier molecular flexibility index (Phi) is 5.52. The predicted molar refractivity (Wildman–Crippen MR) is 79.5 cm³/mol. The number of halogens is 1. The molecule has 0 spiro atoms. The Morgan fingerprint density at radius 2 is 2.19 bits per heavy atom. The number of benzene rings is 1. The maximum absolute atomic E-state index is 14.2. The molecule has 0 bridgehead atoms. The Bertz CT molecular complexity index is 488. The van der Waals surface area contributed by atoms with E-state index >= 15 is 0 Å². The van der Waals surface area contributed by atoms with Gasteiger partial charge in [-0.3, -0.25) is 4.79 Å². The molecule has 6 heteroatoms. The van der Waals surface area contributed by atoms with E-state index in [1.807, 2.05) is 11.0 Å². The van der Waals surface area contributed by atoms with E-state index in [2.05, 4.69) is 5.32 Å². The first kappa shape index (κ1) is 15.7. The Balaban J connectivity index is 1.93. The molecule has 0 radical (unpaired) electrons. The molecular weight excluding hydrogens is 273 g/mol. The fourth-order valence-electron chi connectivity index (χ4n) is 2.29. The first-order valence-corrected chi connectivity index (χ1v) is 7.19. The van der Waals surface area contributed by atoms with Crippen molar-refractivity contribution in [2.45, 2.75) is 25.9 Å². The van der Waals surface area contributed by atoms with Gasteiger partial charge in [-0.1, -0.05) is 6.07 Å². The zero-order valence-corrected chi connectivity index (χ0v) is 12.3. The Labute approximate surface area is 124 Å². The molecule has 116 valence electrons. The van der Waals surface area contributed by atoms with E-state index in [0.29, 0.717) is 38.5 Å². The van der Waals surface area contributed by atoms with Gasteiger partial charge in [0.25, 0.3) is 0 Å².